The molecule has 1 spiro atoms. The van der Waals surface area contributed by atoms with Crippen molar-refractivity contribution in [3.63, 3.8) is 0 Å². The molecule has 3 saturated heterocycles. The minimum Gasteiger partial charge on any atom is -0.396 e. The number of fused-ring (bicyclic) bond motifs is 1. The molecule has 37 heavy (non-hydrogen) atoms. The van der Waals surface area contributed by atoms with Crippen molar-refractivity contribution >= 4 is 46.8 Å². The molecule has 3 heterocycles. The number of rotatable bonds is 12. The molecule has 200 valence electrons. The first kappa shape index (κ1) is 27.7. The highest BCUT2D eigenvalue weighted by Gasteiger charge is 2.73. The first-order chi connectivity index (χ1) is 17.8. The number of anilines is 1. The zero-order valence-electron chi connectivity index (χ0n) is 21.4. The Morgan fingerprint density at radius 1 is 1.16 bits per heavy atom. The quantitative estimate of drug-likeness (QED) is 0.319. The topological polar surface area (TPSA) is 81.2 Å². The number of aliphatic hydroxyl groups is 1. The average Bonchev–Trinajstić information content (AvgIpc) is 3.52. The van der Waals surface area contributed by atoms with Gasteiger partial charge in [-0.2, -0.15) is 0 Å². The Balaban J connectivity index is 1.72. The van der Waals surface area contributed by atoms with Crippen LogP contribution < -0.4 is 4.90 Å². The second-order valence-corrected chi connectivity index (χ2v) is 12.1. The number of likely N-dealkylation sites (N-methyl/N-ethyl adjacent to an activating group) is 1. The molecule has 2 unspecified atom stereocenters. The van der Waals surface area contributed by atoms with Crippen molar-refractivity contribution in [1.29, 1.82) is 0 Å². The van der Waals surface area contributed by atoms with Gasteiger partial charge in [0.05, 0.1) is 16.6 Å². The number of amides is 3. The number of hydrogen-bond acceptors (Lipinski definition) is 5. The summed E-state index contributed by atoms with van der Waals surface area (Å²) in [6.07, 6.45) is 6.98. The van der Waals surface area contributed by atoms with Crippen LogP contribution in [0.2, 0.25) is 5.02 Å². The van der Waals surface area contributed by atoms with E-state index in [1.165, 1.54) is 0 Å². The number of unbranched alkanes of at least 4 members (excludes halogenated alkanes) is 2. The lowest BCUT2D eigenvalue weighted by molar-refractivity contribution is -0.143. The van der Waals surface area contributed by atoms with Crippen LogP contribution in [-0.2, 0) is 14.4 Å². The van der Waals surface area contributed by atoms with Crippen LogP contribution >= 0.6 is 23.4 Å². The van der Waals surface area contributed by atoms with Gasteiger partial charge < -0.3 is 19.8 Å². The molecule has 0 radical (unpaired) electrons. The maximum atomic E-state index is 14.4. The van der Waals surface area contributed by atoms with Gasteiger partial charge in [0, 0.05) is 49.2 Å². The van der Waals surface area contributed by atoms with E-state index in [9.17, 15) is 19.5 Å². The van der Waals surface area contributed by atoms with Crippen molar-refractivity contribution in [3.8, 4) is 0 Å². The van der Waals surface area contributed by atoms with E-state index in [1.54, 1.807) is 69.9 Å². The third-order valence-electron chi connectivity index (χ3n) is 7.87. The zero-order chi connectivity index (χ0) is 26.7. The van der Waals surface area contributed by atoms with Crippen molar-refractivity contribution in [1.82, 2.24) is 9.80 Å². The largest absolute Gasteiger partial charge is 0.396 e. The van der Waals surface area contributed by atoms with E-state index in [4.69, 9.17) is 11.6 Å². The van der Waals surface area contributed by atoms with Gasteiger partial charge in [0.2, 0.25) is 11.8 Å². The molecule has 3 amide bonds. The number of aliphatic hydroxyl groups excluding tert-OH is 1. The number of thioether (sulfide) groups is 1. The van der Waals surface area contributed by atoms with Crippen molar-refractivity contribution in [2.75, 3.05) is 38.2 Å². The molecule has 1 aromatic rings. The minimum atomic E-state index is -0.674. The summed E-state index contributed by atoms with van der Waals surface area (Å²) in [5, 5.41) is 9.81. The van der Waals surface area contributed by atoms with Gasteiger partial charge in [-0.3, -0.25) is 14.4 Å². The summed E-state index contributed by atoms with van der Waals surface area (Å²) in [5.41, 5.74) is 0.692. The van der Waals surface area contributed by atoms with E-state index in [1.807, 2.05) is 0 Å². The molecule has 3 aliphatic rings. The number of hydrogen-bond donors (Lipinski definition) is 1. The average molecular weight is 546 g/mol. The fourth-order valence-corrected chi connectivity index (χ4v) is 8.62. The fraction of sp³-hybridized carbons (Fsp3) is 0.536. The Labute approximate surface area is 228 Å². The molecule has 0 saturated carbocycles. The van der Waals surface area contributed by atoms with Gasteiger partial charge in [-0.25, -0.2) is 0 Å². The van der Waals surface area contributed by atoms with Gasteiger partial charge in [-0.1, -0.05) is 23.8 Å². The molecular formula is C28H36ClN3O4S. The lowest BCUT2D eigenvalue weighted by Crippen LogP contribution is -2.55. The van der Waals surface area contributed by atoms with Crippen LogP contribution in [0.15, 0.2) is 49.6 Å². The number of halogens is 1. The van der Waals surface area contributed by atoms with Gasteiger partial charge >= 0.3 is 0 Å². The lowest BCUT2D eigenvalue weighted by Gasteiger charge is -2.37. The van der Waals surface area contributed by atoms with Crippen LogP contribution in [0.5, 0.6) is 0 Å². The molecule has 1 N–H and O–H groups in total. The summed E-state index contributed by atoms with van der Waals surface area (Å²) in [4.78, 5) is 47.0. The molecule has 3 aliphatic heterocycles. The normalized spacial score (nSPS) is 27.8. The Hall–Kier alpha value is -2.29. The van der Waals surface area contributed by atoms with Crippen molar-refractivity contribution in [3.05, 3.63) is 54.6 Å². The third kappa shape index (κ3) is 4.95. The summed E-state index contributed by atoms with van der Waals surface area (Å²) in [6.45, 7) is 8.82. The van der Waals surface area contributed by atoms with Crippen LogP contribution in [0, 0.1) is 11.8 Å². The van der Waals surface area contributed by atoms with Gasteiger partial charge in [0.15, 0.2) is 0 Å². The summed E-state index contributed by atoms with van der Waals surface area (Å²) >= 11 is 7.77. The van der Waals surface area contributed by atoms with Gasteiger partial charge in [0.25, 0.3) is 5.91 Å². The van der Waals surface area contributed by atoms with Gasteiger partial charge in [-0.05, 0) is 56.4 Å². The van der Waals surface area contributed by atoms with E-state index in [-0.39, 0.29) is 29.6 Å². The number of likely N-dealkylation sites (tertiary alicyclic amines) is 1. The molecule has 9 heteroatoms. The smallest absolute Gasteiger partial charge is 0.251 e. The molecule has 0 aliphatic carbocycles. The van der Waals surface area contributed by atoms with Crippen LogP contribution in [0.1, 0.15) is 32.1 Å². The van der Waals surface area contributed by atoms with Crippen LogP contribution in [0.3, 0.4) is 0 Å². The Morgan fingerprint density at radius 2 is 1.86 bits per heavy atom. The highest BCUT2D eigenvalue weighted by atomic mass is 35.5. The van der Waals surface area contributed by atoms with Crippen molar-refractivity contribution in [2.45, 2.75) is 48.1 Å². The minimum absolute atomic E-state index is 0.0175. The summed E-state index contributed by atoms with van der Waals surface area (Å²) in [5.74, 6) is -1.28. The van der Waals surface area contributed by atoms with Crippen molar-refractivity contribution in [2.24, 2.45) is 11.8 Å². The SMILES string of the molecule is C=CCN(C)C(=O)[C@@H]1[C@H]2C(=O)N(CCCCCO)C(C(=O)N(CC=C)c3ccc(Cl)cc3)C23CC[C@H]1S3. The first-order valence-electron chi connectivity index (χ1n) is 12.9. The van der Waals surface area contributed by atoms with Crippen LogP contribution in [-0.4, -0.2) is 82.0 Å². The highest BCUT2D eigenvalue weighted by Crippen LogP contribution is 2.66. The summed E-state index contributed by atoms with van der Waals surface area (Å²) in [6, 6.07) is 6.42. The molecule has 5 atom stereocenters. The van der Waals surface area contributed by atoms with Gasteiger partial charge in [-0.15, -0.1) is 24.9 Å². The zero-order valence-corrected chi connectivity index (χ0v) is 22.9. The third-order valence-corrected chi connectivity index (χ3v) is 10.1. The van der Waals surface area contributed by atoms with Crippen LogP contribution in [0.25, 0.3) is 0 Å². The van der Waals surface area contributed by atoms with E-state index < -0.39 is 22.6 Å². The van der Waals surface area contributed by atoms with E-state index >= 15 is 0 Å². The lowest BCUT2D eigenvalue weighted by atomic mass is 9.70. The van der Waals surface area contributed by atoms with E-state index in [0.29, 0.717) is 43.2 Å². The molecule has 4 rings (SSSR count). The predicted octanol–water partition coefficient (Wildman–Crippen LogP) is 3.76. The molecule has 7 nitrogen and oxygen atoms in total. The molecule has 3 fully saturated rings. The highest BCUT2D eigenvalue weighted by molar-refractivity contribution is 8.02. The number of carbonyl (C=O) groups excluding carboxylic acids is 3. The molecule has 1 aromatic carbocycles. The first-order valence-corrected chi connectivity index (χ1v) is 14.2. The second kappa shape index (κ2) is 11.6. The Bertz CT molecular complexity index is 1050. The van der Waals surface area contributed by atoms with Gasteiger partial charge in [0.1, 0.15) is 6.04 Å². The second-order valence-electron chi connectivity index (χ2n) is 10.1. The molecular weight excluding hydrogens is 510 g/mol. The summed E-state index contributed by atoms with van der Waals surface area (Å²) in [7, 11) is 1.74. The maximum Gasteiger partial charge on any atom is 0.251 e. The molecule has 0 aromatic heterocycles. The number of nitrogens with zero attached hydrogens (tertiary/aromatic N) is 3. The predicted molar refractivity (Wildman–Crippen MR) is 149 cm³/mol. The number of carbonyl (C=O) groups is 3. The van der Waals surface area contributed by atoms with E-state index in [2.05, 4.69) is 13.2 Å². The number of benzene rings is 1. The standard InChI is InChI=1S/C28H36ClN3O4S/c1-4-15-30(3)25(34)22-21-13-14-28(37-21)23(22)26(35)32(17-7-6-8-18-33)24(28)27(36)31(16-5-2)20-11-9-19(29)10-12-20/h4-5,9-12,21-24,33H,1-2,6-8,13-18H2,3H3/t21-,22+,23+,24?,28?/m1/s1. The maximum absolute atomic E-state index is 14.4. The fourth-order valence-electron chi connectivity index (χ4n) is 6.28. The van der Waals surface area contributed by atoms with Crippen LogP contribution in [0.4, 0.5) is 5.69 Å². The molecule has 2 bridgehead atoms. The Morgan fingerprint density at radius 3 is 2.51 bits per heavy atom. The van der Waals surface area contributed by atoms with Crippen molar-refractivity contribution < 1.29 is 19.5 Å². The summed E-state index contributed by atoms with van der Waals surface area (Å²) < 4.78 is -0.642. The monoisotopic (exact) mass is 545 g/mol. The van der Waals surface area contributed by atoms with E-state index in [0.717, 1.165) is 19.3 Å². The Kier molecular flexibility index (Phi) is 8.71.